The number of amides is 1. The van der Waals surface area contributed by atoms with E-state index in [1.807, 2.05) is 0 Å². The second-order valence-electron chi connectivity index (χ2n) is 8.10. The third kappa shape index (κ3) is 3.80. The van der Waals surface area contributed by atoms with Gasteiger partial charge in [-0.1, -0.05) is 6.07 Å². The highest BCUT2D eigenvalue weighted by Crippen LogP contribution is 2.36. The fourth-order valence-electron chi connectivity index (χ4n) is 4.27. The van der Waals surface area contributed by atoms with Crippen LogP contribution in [0.15, 0.2) is 47.3 Å². The molecule has 6 heterocycles. The first-order chi connectivity index (χ1) is 17.7. The van der Waals surface area contributed by atoms with E-state index in [0.29, 0.717) is 22.5 Å². The Morgan fingerprint density at radius 3 is 2.76 bits per heavy atom. The van der Waals surface area contributed by atoms with Crippen molar-refractivity contribution in [3.05, 3.63) is 71.5 Å². The van der Waals surface area contributed by atoms with E-state index < -0.39 is 36.3 Å². The molecule has 1 aliphatic heterocycles. The molecule has 5 aromatic rings. The molecule has 1 aliphatic rings. The second-order valence-corrected chi connectivity index (χ2v) is 8.10. The molecule has 0 spiro atoms. The lowest BCUT2D eigenvalue weighted by atomic mass is 9.99. The van der Waals surface area contributed by atoms with E-state index in [2.05, 4.69) is 30.4 Å². The third-order valence-corrected chi connectivity index (χ3v) is 5.90. The van der Waals surface area contributed by atoms with E-state index in [4.69, 9.17) is 4.42 Å². The van der Waals surface area contributed by atoms with Crippen molar-refractivity contribution < 1.29 is 31.2 Å². The Hall–Kier alpha value is -4.63. The van der Waals surface area contributed by atoms with E-state index in [0.717, 1.165) is 16.8 Å². The monoisotopic (exact) mass is 519 g/mol. The molecule has 0 saturated carbocycles. The number of imidazole rings is 1. The van der Waals surface area contributed by atoms with E-state index in [-0.39, 0.29) is 29.3 Å². The van der Waals surface area contributed by atoms with Crippen LogP contribution in [0.25, 0.3) is 17.1 Å². The number of pyridine rings is 1. The van der Waals surface area contributed by atoms with E-state index in [9.17, 15) is 26.7 Å². The Balaban J connectivity index is 1.39. The summed E-state index contributed by atoms with van der Waals surface area (Å²) in [6.07, 6.45) is -1.84. The largest absolute Gasteiger partial charge is 0.433 e. The Labute approximate surface area is 202 Å². The normalized spacial score (nSPS) is 16.1. The van der Waals surface area contributed by atoms with Gasteiger partial charge in [0.05, 0.1) is 23.2 Å². The first-order valence-electron chi connectivity index (χ1n) is 10.8. The molecule has 37 heavy (non-hydrogen) atoms. The van der Waals surface area contributed by atoms with Crippen LogP contribution in [0.5, 0.6) is 0 Å². The minimum absolute atomic E-state index is 0.0586. The number of aromatic amines is 1. The highest BCUT2D eigenvalue weighted by Gasteiger charge is 2.39. The molecule has 0 aromatic carbocycles. The molecule has 5 aromatic heterocycles. The number of halogens is 5. The Kier molecular flexibility index (Phi) is 5.06. The van der Waals surface area contributed by atoms with Crippen molar-refractivity contribution in [3.63, 3.8) is 0 Å². The first kappa shape index (κ1) is 22.8. The van der Waals surface area contributed by atoms with Gasteiger partial charge in [0.2, 0.25) is 0 Å². The van der Waals surface area contributed by atoms with Crippen LogP contribution in [0, 0.1) is 0 Å². The van der Waals surface area contributed by atoms with Crippen LogP contribution in [0.3, 0.4) is 0 Å². The van der Waals surface area contributed by atoms with E-state index in [1.165, 1.54) is 35.5 Å². The van der Waals surface area contributed by atoms with Gasteiger partial charge in [-0.25, -0.2) is 14.2 Å². The highest BCUT2D eigenvalue weighted by atomic mass is 19.4. The zero-order chi connectivity index (χ0) is 25.9. The van der Waals surface area contributed by atoms with Gasteiger partial charge in [0.25, 0.3) is 5.89 Å². The summed E-state index contributed by atoms with van der Waals surface area (Å²) in [5.74, 6) is -1.44. The molecule has 0 bridgehead atoms. The summed E-state index contributed by atoms with van der Waals surface area (Å²) in [6, 6.07) is 5.35. The summed E-state index contributed by atoms with van der Waals surface area (Å²) in [5, 5.41) is 15.3. The lowest BCUT2D eigenvalue weighted by Gasteiger charge is -2.32. The number of H-pyrrole nitrogens is 1. The number of rotatable bonds is 4. The Bertz CT molecular complexity index is 1620. The van der Waals surface area contributed by atoms with Crippen LogP contribution < -0.4 is 0 Å². The number of carbonyl (C=O) groups excluding carboxylic acids is 1. The van der Waals surface area contributed by atoms with Gasteiger partial charge in [-0.05, 0) is 24.3 Å². The molecule has 0 fully saturated rings. The number of aromatic nitrogens is 8. The predicted molar refractivity (Wildman–Crippen MR) is 112 cm³/mol. The average molecular weight is 519 g/mol. The number of nitrogens with zero attached hydrogens (tertiary/aromatic N) is 8. The number of alkyl halides is 5. The van der Waals surface area contributed by atoms with Gasteiger partial charge in [-0.3, -0.25) is 4.79 Å². The smallest absolute Gasteiger partial charge is 0.411 e. The number of hydrogen-bond acceptors (Lipinski definition) is 7. The van der Waals surface area contributed by atoms with Crippen LogP contribution in [0.4, 0.5) is 22.0 Å². The molecule has 0 saturated heterocycles. The summed E-state index contributed by atoms with van der Waals surface area (Å²) in [7, 11) is 0. The number of hydrogen-bond donors (Lipinski definition) is 1. The van der Waals surface area contributed by atoms with Gasteiger partial charge in [0.1, 0.15) is 17.4 Å². The van der Waals surface area contributed by atoms with Gasteiger partial charge in [-0.15, -0.1) is 10.2 Å². The van der Waals surface area contributed by atoms with Gasteiger partial charge in [0.15, 0.2) is 0 Å². The zero-order valence-electron chi connectivity index (χ0n) is 18.4. The molecule has 1 atom stereocenters. The van der Waals surface area contributed by atoms with Crippen molar-refractivity contribution >= 4 is 11.4 Å². The molecule has 6 rings (SSSR count). The van der Waals surface area contributed by atoms with Crippen LogP contribution in [0.2, 0.25) is 0 Å². The maximum absolute atomic E-state index is 13.6. The number of fused-ring (bicyclic) bond motifs is 2. The summed E-state index contributed by atoms with van der Waals surface area (Å²) in [6.45, 7) is -2.74. The van der Waals surface area contributed by atoms with Gasteiger partial charge in [-0.2, -0.15) is 32.1 Å². The molecule has 0 aliphatic carbocycles. The van der Waals surface area contributed by atoms with Crippen molar-refractivity contribution in [3.8, 4) is 11.6 Å². The molecule has 0 radical (unpaired) electrons. The van der Waals surface area contributed by atoms with Crippen molar-refractivity contribution in [2.45, 2.75) is 25.2 Å². The molecule has 1 N–H and O–H groups in total. The maximum Gasteiger partial charge on any atom is 0.433 e. The summed E-state index contributed by atoms with van der Waals surface area (Å²) in [5.41, 5.74) is 0.398. The van der Waals surface area contributed by atoms with Gasteiger partial charge < -0.3 is 14.3 Å². The molecule has 16 heteroatoms. The summed E-state index contributed by atoms with van der Waals surface area (Å²) >= 11 is 0. The van der Waals surface area contributed by atoms with Gasteiger partial charge >= 0.3 is 24.5 Å². The standard InChI is InChI=1S/C21H14F5N9O2/c22-20(23)34-7-5-12(31-34)17-29-30-18(37-17)19(36)33-6-4-11-15(28-9-27-11)16(33)13-8-10-2-1-3-14(21(24,25)26)35(10)32-13/h1-3,5,7-9,16,20H,4,6H2,(H,27,28). The van der Waals surface area contributed by atoms with Gasteiger partial charge in [0, 0.05) is 24.9 Å². The SMILES string of the molecule is O=C(c1nnc(-c2ccn(C(F)F)n2)o1)N1CCc2[nH]cnc2C1c1cc2cccc(C(F)(F)F)n2n1. The lowest BCUT2D eigenvalue weighted by Crippen LogP contribution is -2.41. The van der Waals surface area contributed by atoms with E-state index in [1.54, 1.807) is 0 Å². The summed E-state index contributed by atoms with van der Waals surface area (Å²) < 4.78 is 72.9. The van der Waals surface area contributed by atoms with Crippen LogP contribution in [-0.4, -0.2) is 56.9 Å². The molecule has 1 amide bonds. The predicted octanol–water partition coefficient (Wildman–Crippen LogP) is 3.51. The fourth-order valence-corrected chi connectivity index (χ4v) is 4.27. The molecule has 190 valence electrons. The Morgan fingerprint density at radius 2 is 2.00 bits per heavy atom. The molecular weight excluding hydrogens is 505 g/mol. The quantitative estimate of drug-likeness (QED) is 0.361. The van der Waals surface area contributed by atoms with Crippen LogP contribution in [-0.2, 0) is 12.6 Å². The number of nitrogens with one attached hydrogen (secondary N) is 1. The maximum atomic E-state index is 13.6. The highest BCUT2D eigenvalue weighted by molar-refractivity contribution is 5.90. The van der Waals surface area contributed by atoms with E-state index >= 15 is 0 Å². The van der Waals surface area contributed by atoms with Crippen LogP contribution in [0.1, 0.15) is 46.1 Å². The zero-order valence-corrected chi connectivity index (χ0v) is 18.4. The topological polar surface area (TPSA) is 123 Å². The minimum atomic E-state index is -4.65. The first-order valence-corrected chi connectivity index (χ1v) is 10.8. The second kappa shape index (κ2) is 8.21. The third-order valence-electron chi connectivity index (χ3n) is 5.90. The number of carbonyl (C=O) groups is 1. The van der Waals surface area contributed by atoms with Crippen molar-refractivity contribution in [1.82, 2.24) is 44.5 Å². The molecule has 11 nitrogen and oxygen atoms in total. The summed E-state index contributed by atoms with van der Waals surface area (Å²) in [4.78, 5) is 22.0. The Morgan fingerprint density at radius 1 is 1.16 bits per heavy atom. The lowest BCUT2D eigenvalue weighted by molar-refractivity contribution is -0.142. The van der Waals surface area contributed by atoms with Crippen molar-refractivity contribution in [2.24, 2.45) is 0 Å². The fraction of sp³-hybridized carbons (Fsp3) is 0.238. The minimum Gasteiger partial charge on any atom is -0.411 e. The van der Waals surface area contributed by atoms with Crippen LogP contribution >= 0.6 is 0 Å². The molecule has 1 unspecified atom stereocenters. The van der Waals surface area contributed by atoms with Crippen molar-refractivity contribution in [1.29, 1.82) is 0 Å². The average Bonchev–Trinajstić information content (AvgIpc) is 3.66. The molecular formula is C21H14F5N9O2. The van der Waals surface area contributed by atoms with Crippen molar-refractivity contribution in [2.75, 3.05) is 6.54 Å².